The molecule has 0 atom stereocenters. The number of rotatable bonds is 4. The zero-order chi connectivity index (χ0) is 19.6. The molecule has 3 rings (SSSR count). The summed E-state index contributed by atoms with van der Waals surface area (Å²) in [4.78, 5) is 34.3. The first-order valence-electron chi connectivity index (χ1n) is 8.06. The van der Waals surface area contributed by atoms with Crippen LogP contribution in [0.15, 0.2) is 59.4 Å². The highest BCUT2D eigenvalue weighted by Gasteiger charge is 2.15. The topological polar surface area (TPSA) is 107 Å². The van der Waals surface area contributed by atoms with Crippen molar-refractivity contribution in [1.29, 1.82) is 0 Å². The van der Waals surface area contributed by atoms with Crippen LogP contribution in [0.2, 0.25) is 0 Å². The molecule has 8 nitrogen and oxygen atoms in total. The Hall–Kier alpha value is -3.81. The lowest BCUT2D eigenvalue weighted by Gasteiger charge is -2.08. The molecule has 3 aromatic rings. The summed E-state index contributed by atoms with van der Waals surface area (Å²) in [6.07, 6.45) is 0. The van der Waals surface area contributed by atoms with Gasteiger partial charge in [0.05, 0.1) is 10.6 Å². The normalized spacial score (nSPS) is 10.4. The van der Waals surface area contributed by atoms with Crippen molar-refractivity contribution in [2.45, 2.75) is 6.92 Å². The molecule has 0 aliphatic rings. The van der Waals surface area contributed by atoms with E-state index in [2.05, 4.69) is 10.4 Å². The first kappa shape index (κ1) is 18.0. The monoisotopic (exact) mass is 364 g/mol. The average molecular weight is 364 g/mol. The van der Waals surface area contributed by atoms with E-state index in [1.54, 1.807) is 56.4 Å². The Morgan fingerprint density at radius 3 is 2.44 bits per heavy atom. The number of nitro groups is 1. The summed E-state index contributed by atoms with van der Waals surface area (Å²) in [6, 6.07) is 14.3. The number of nitro benzene ring substituents is 1. The van der Waals surface area contributed by atoms with Crippen LogP contribution in [0.25, 0.3) is 11.3 Å². The molecule has 8 heteroatoms. The molecule has 136 valence electrons. The predicted molar refractivity (Wildman–Crippen MR) is 101 cm³/mol. The molecular formula is C19H16N4O4. The van der Waals surface area contributed by atoms with Crippen molar-refractivity contribution in [3.05, 3.63) is 86.2 Å². The maximum Gasteiger partial charge on any atom is 0.273 e. The van der Waals surface area contributed by atoms with E-state index in [1.165, 1.54) is 16.8 Å². The van der Waals surface area contributed by atoms with Gasteiger partial charge in [0.25, 0.3) is 17.2 Å². The van der Waals surface area contributed by atoms with Gasteiger partial charge in [-0.1, -0.05) is 18.2 Å². The van der Waals surface area contributed by atoms with Crippen LogP contribution in [-0.4, -0.2) is 20.6 Å². The summed E-state index contributed by atoms with van der Waals surface area (Å²) in [5, 5.41) is 17.9. The largest absolute Gasteiger partial charge is 0.322 e. The molecule has 0 spiro atoms. The van der Waals surface area contributed by atoms with Crippen LogP contribution in [0.4, 0.5) is 11.4 Å². The summed E-state index contributed by atoms with van der Waals surface area (Å²) in [5.41, 5.74) is 2.35. The number of carbonyl (C=O) groups is 1. The van der Waals surface area contributed by atoms with Crippen molar-refractivity contribution < 1.29 is 9.72 Å². The van der Waals surface area contributed by atoms with Crippen LogP contribution in [0, 0.1) is 17.0 Å². The standard InChI is InChI=1S/C19H16N4O4/c1-12-3-4-14(11-17(12)23(26)27)19(25)20-15-7-5-13(6-8-15)16-9-10-18(24)22(2)21-16/h3-11H,1-2H3,(H,20,25). The highest BCUT2D eigenvalue weighted by atomic mass is 16.6. The fourth-order valence-corrected chi connectivity index (χ4v) is 2.53. The van der Waals surface area contributed by atoms with Crippen LogP contribution in [0.5, 0.6) is 0 Å². The molecule has 0 fully saturated rings. The molecular weight excluding hydrogens is 348 g/mol. The van der Waals surface area contributed by atoms with Gasteiger partial charge >= 0.3 is 0 Å². The van der Waals surface area contributed by atoms with Gasteiger partial charge in [0.2, 0.25) is 0 Å². The zero-order valence-electron chi connectivity index (χ0n) is 14.7. The molecule has 0 aliphatic carbocycles. The third-order valence-electron chi connectivity index (χ3n) is 4.07. The summed E-state index contributed by atoms with van der Waals surface area (Å²) in [7, 11) is 1.57. The third-order valence-corrected chi connectivity index (χ3v) is 4.07. The Bertz CT molecular complexity index is 1090. The average Bonchev–Trinajstić information content (AvgIpc) is 2.64. The summed E-state index contributed by atoms with van der Waals surface area (Å²) >= 11 is 0. The van der Waals surface area contributed by atoms with Gasteiger partial charge in [0.15, 0.2) is 0 Å². The van der Waals surface area contributed by atoms with Gasteiger partial charge in [-0.05, 0) is 31.2 Å². The smallest absolute Gasteiger partial charge is 0.273 e. The van der Waals surface area contributed by atoms with Crippen LogP contribution < -0.4 is 10.9 Å². The van der Waals surface area contributed by atoms with Gasteiger partial charge in [-0.25, -0.2) is 4.68 Å². The first-order chi connectivity index (χ1) is 12.8. The Morgan fingerprint density at radius 2 is 1.81 bits per heavy atom. The van der Waals surface area contributed by atoms with Gasteiger partial charge in [0.1, 0.15) is 0 Å². The van der Waals surface area contributed by atoms with Crippen LogP contribution in [0.3, 0.4) is 0 Å². The molecule has 1 aromatic heterocycles. The van der Waals surface area contributed by atoms with Gasteiger partial charge < -0.3 is 5.32 Å². The number of anilines is 1. The van der Waals surface area contributed by atoms with Crippen LogP contribution in [0.1, 0.15) is 15.9 Å². The fraction of sp³-hybridized carbons (Fsp3) is 0.105. The molecule has 0 unspecified atom stereocenters. The van der Waals surface area contributed by atoms with Crippen LogP contribution >= 0.6 is 0 Å². The van der Waals surface area contributed by atoms with Crippen molar-refractivity contribution in [3.8, 4) is 11.3 Å². The lowest BCUT2D eigenvalue weighted by Crippen LogP contribution is -2.18. The molecule has 0 aliphatic heterocycles. The van der Waals surface area contributed by atoms with E-state index in [1.807, 2.05) is 0 Å². The van der Waals surface area contributed by atoms with Crippen molar-refractivity contribution >= 4 is 17.3 Å². The summed E-state index contributed by atoms with van der Waals surface area (Å²) in [6.45, 7) is 1.62. The van der Waals surface area contributed by atoms with Crippen molar-refractivity contribution in [1.82, 2.24) is 9.78 Å². The summed E-state index contributed by atoms with van der Waals surface area (Å²) < 4.78 is 1.25. The first-order valence-corrected chi connectivity index (χ1v) is 8.06. The van der Waals surface area contributed by atoms with Gasteiger partial charge in [-0.3, -0.25) is 19.7 Å². The molecule has 0 saturated heterocycles. The maximum atomic E-state index is 12.4. The number of nitrogens with zero attached hydrogens (tertiary/aromatic N) is 3. The molecule has 1 N–H and O–H groups in total. The molecule has 1 amide bonds. The Kier molecular flexibility index (Phi) is 4.80. The van der Waals surface area contributed by atoms with Gasteiger partial charge in [-0.15, -0.1) is 0 Å². The second-order valence-electron chi connectivity index (χ2n) is 5.97. The van der Waals surface area contributed by atoms with Crippen molar-refractivity contribution in [3.63, 3.8) is 0 Å². The minimum Gasteiger partial charge on any atom is -0.322 e. The Morgan fingerprint density at radius 1 is 1.11 bits per heavy atom. The second kappa shape index (κ2) is 7.20. The highest BCUT2D eigenvalue weighted by Crippen LogP contribution is 2.21. The molecule has 0 saturated carbocycles. The molecule has 0 bridgehead atoms. The lowest BCUT2D eigenvalue weighted by molar-refractivity contribution is -0.385. The number of hydrogen-bond donors (Lipinski definition) is 1. The van der Waals surface area contributed by atoms with E-state index in [9.17, 15) is 19.7 Å². The molecule has 1 heterocycles. The SMILES string of the molecule is Cc1ccc(C(=O)Nc2ccc(-c3ccc(=O)n(C)n3)cc2)cc1[N+](=O)[O-]. The zero-order valence-corrected chi connectivity index (χ0v) is 14.7. The van der Waals surface area contributed by atoms with Gasteiger partial charge in [0, 0.05) is 41.6 Å². The number of aryl methyl sites for hydroxylation is 2. The Balaban J connectivity index is 1.79. The minimum atomic E-state index is -0.513. The minimum absolute atomic E-state index is 0.0984. The second-order valence-corrected chi connectivity index (χ2v) is 5.97. The number of aromatic nitrogens is 2. The van der Waals surface area contributed by atoms with Crippen LogP contribution in [-0.2, 0) is 7.05 Å². The van der Waals surface area contributed by atoms with Gasteiger partial charge in [-0.2, -0.15) is 5.10 Å². The lowest BCUT2D eigenvalue weighted by atomic mass is 10.1. The van der Waals surface area contributed by atoms with Crippen molar-refractivity contribution in [2.24, 2.45) is 7.05 Å². The van der Waals surface area contributed by atoms with E-state index in [0.29, 0.717) is 16.9 Å². The number of amides is 1. The third kappa shape index (κ3) is 3.90. The number of benzene rings is 2. The number of carbonyl (C=O) groups excluding carboxylic acids is 1. The maximum absolute atomic E-state index is 12.4. The fourth-order valence-electron chi connectivity index (χ4n) is 2.53. The van der Waals surface area contributed by atoms with E-state index in [-0.39, 0.29) is 16.8 Å². The quantitative estimate of drug-likeness (QED) is 0.566. The van der Waals surface area contributed by atoms with E-state index >= 15 is 0 Å². The highest BCUT2D eigenvalue weighted by molar-refractivity contribution is 6.04. The predicted octanol–water partition coefficient (Wildman–Crippen LogP) is 2.92. The Labute approximate surface area is 154 Å². The molecule has 2 aromatic carbocycles. The number of nitrogens with one attached hydrogen (secondary N) is 1. The molecule has 27 heavy (non-hydrogen) atoms. The summed E-state index contributed by atoms with van der Waals surface area (Å²) in [5.74, 6) is -0.439. The van der Waals surface area contributed by atoms with E-state index in [4.69, 9.17) is 0 Å². The molecule has 0 radical (unpaired) electrons. The van der Waals surface area contributed by atoms with E-state index < -0.39 is 10.8 Å². The van der Waals surface area contributed by atoms with Crippen molar-refractivity contribution in [2.75, 3.05) is 5.32 Å². The van der Waals surface area contributed by atoms with E-state index in [0.717, 1.165) is 5.56 Å². The number of hydrogen-bond acceptors (Lipinski definition) is 5.